The van der Waals surface area contributed by atoms with Crippen LogP contribution < -0.4 is 15.2 Å². The number of nitrogens with zero attached hydrogens (tertiary/aromatic N) is 3. The molecule has 0 amide bonds. The zero-order chi connectivity index (χ0) is 13.7. The molecule has 1 aromatic heterocycles. The molecule has 0 radical (unpaired) electrons. The highest BCUT2D eigenvalue weighted by Crippen LogP contribution is 2.15. The molecule has 6 heteroatoms. The standard InChI is InChI=1S/C12H22N4O2/c1-7(2)6-9(5)18-12-15-10(13)14-11(16-12)17-8(3)4/h7-9H,6H2,1-5H3,(H2,13,14,15,16). The van der Waals surface area contributed by atoms with Crippen molar-refractivity contribution in [1.29, 1.82) is 0 Å². The Bertz CT molecular complexity index is 382. The van der Waals surface area contributed by atoms with E-state index in [1.807, 2.05) is 20.8 Å². The summed E-state index contributed by atoms with van der Waals surface area (Å²) in [7, 11) is 0. The molecule has 1 aromatic rings. The lowest BCUT2D eigenvalue weighted by molar-refractivity contribution is 0.168. The van der Waals surface area contributed by atoms with Crippen molar-refractivity contribution in [2.45, 2.75) is 53.2 Å². The largest absolute Gasteiger partial charge is 0.461 e. The van der Waals surface area contributed by atoms with Crippen molar-refractivity contribution in [3.63, 3.8) is 0 Å². The van der Waals surface area contributed by atoms with Crippen LogP contribution in [-0.4, -0.2) is 27.2 Å². The molecule has 102 valence electrons. The Hall–Kier alpha value is -1.59. The van der Waals surface area contributed by atoms with Gasteiger partial charge in [0.1, 0.15) is 0 Å². The molecule has 0 aromatic carbocycles. The molecule has 0 aliphatic carbocycles. The Labute approximate surface area is 108 Å². The monoisotopic (exact) mass is 254 g/mol. The first kappa shape index (κ1) is 14.5. The van der Waals surface area contributed by atoms with Crippen LogP contribution in [0, 0.1) is 5.92 Å². The predicted molar refractivity (Wildman–Crippen MR) is 69.5 cm³/mol. The van der Waals surface area contributed by atoms with E-state index in [2.05, 4.69) is 28.8 Å². The second kappa shape index (κ2) is 6.37. The van der Waals surface area contributed by atoms with Gasteiger partial charge < -0.3 is 15.2 Å². The van der Waals surface area contributed by atoms with E-state index in [1.165, 1.54) is 0 Å². The average Bonchev–Trinajstić information content (AvgIpc) is 2.12. The van der Waals surface area contributed by atoms with Gasteiger partial charge in [-0.15, -0.1) is 4.98 Å². The van der Waals surface area contributed by atoms with Gasteiger partial charge >= 0.3 is 12.0 Å². The number of nitrogens with two attached hydrogens (primary N) is 1. The number of rotatable bonds is 6. The van der Waals surface area contributed by atoms with Crippen LogP contribution in [0.3, 0.4) is 0 Å². The maximum absolute atomic E-state index is 5.61. The van der Waals surface area contributed by atoms with Gasteiger partial charge in [0, 0.05) is 0 Å². The summed E-state index contributed by atoms with van der Waals surface area (Å²) in [6.07, 6.45) is 0.929. The number of hydrogen-bond donors (Lipinski definition) is 1. The minimum atomic E-state index is -0.0206. The Kier molecular flexibility index (Phi) is 5.12. The van der Waals surface area contributed by atoms with Crippen molar-refractivity contribution in [2.24, 2.45) is 5.92 Å². The van der Waals surface area contributed by atoms with Crippen LogP contribution in [0.25, 0.3) is 0 Å². The number of hydrogen-bond acceptors (Lipinski definition) is 6. The number of nitrogen functional groups attached to an aromatic ring is 1. The lowest BCUT2D eigenvalue weighted by Crippen LogP contribution is -2.18. The molecular weight excluding hydrogens is 232 g/mol. The van der Waals surface area contributed by atoms with Crippen molar-refractivity contribution < 1.29 is 9.47 Å². The third-order valence-corrected chi connectivity index (χ3v) is 2.06. The summed E-state index contributed by atoms with van der Waals surface area (Å²) >= 11 is 0. The van der Waals surface area contributed by atoms with Gasteiger partial charge in [-0.25, -0.2) is 0 Å². The van der Waals surface area contributed by atoms with Gasteiger partial charge in [-0.05, 0) is 33.1 Å². The molecule has 0 saturated carbocycles. The maximum atomic E-state index is 5.61. The van der Waals surface area contributed by atoms with E-state index in [0.717, 1.165) is 6.42 Å². The molecule has 0 aliphatic heterocycles. The first-order valence-electron chi connectivity index (χ1n) is 6.21. The number of anilines is 1. The van der Waals surface area contributed by atoms with E-state index in [1.54, 1.807) is 0 Å². The third-order valence-electron chi connectivity index (χ3n) is 2.06. The third kappa shape index (κ3) is 5.16. The highest BCUT2D eigenvalue weighted by Gasteiger charge is 2.12. The Morgan fingerprint density at radius 2 is 1.50 bits per heavy atom. The maximum Gasteiger partial charge on any atom is 0.324 e. The zero-order valence-corrected chi connectivity index (χ0v) is 11.7. The fourth-order valence-electron chi connectivity index (χ4n) is 1.56. The highest BCUT2D eigenvalue weighted by atomic mass is 16.5. The minimum Gasteiger partial charge on any atom is -0.461 e. The number of aromatic nitrogens is 3. The zero-order valence-electron chi connectivity index (χ0n) is 11.7. The average molecular weight is 254 g/mol. The molecule has 1 unspecified atom stereocenters. The van der Waals surface area contributed by atoms with Gasteiger partial charge in [-0.2, -0.15) is 9.97 Å². The summed E-state index contributed by atoms with van der Waals surface area (Å²) in [6, 6.07) is 0.413. The van der Waals surface area contributed by atoms with Crippen LogP contribution in [0.2, 0.25) is 0 Å². The minimum absolute atomic E-state index is 0.0206. The molecule has 0 aliphatic rings. The van der Waals surface area contributed by atoms with E-state index in [4.69, 9.17) is 15.2 Å². The van der Waals surface area contributed by atoms with Crippen LogP contribution >= 0.6 is 0 Å². The SMILES string of the molecule is CC(C)CC(C)Oc1nc(N)nc(OC(C)C)n1. The molecule has 0 saturated heterocycles. The van der Waals surface area contributed by atoms with Crippen LogP contribution in [0.15, 0.2) is 0 Å². The van der Waals surface area contributed by atoms with Gasteiger partial charge in [0.15, 0.2) is 0 Å². The fraction of sp³-hybridized carbons (Fsp3) is 0.750. The highest BCUT2D eigenvalue weighted by molar-refractivity contribution is 5.20. The molecule has 0 spiro atoms. The fourth-order valence-corrected chi connectivity index (χ4v) is 1.56. The van der Waals surface area contributed by atoms with Crippen LogP contribution in [-0.2, 0) is 0 Å². The van der Waals surface area contributed by atoms with E-state index < -0.39 is 0 Å². The van der Waals surface area contributed by atoms with Crippen molar-refractivity contribution in [3.8, 4) is 12.0 Å². The van der Waals surface area contributed by atoms with Crippen LogP contribution in [0.1, 0.15) is 41.0 Å². The van der Waals surface area contributed by atoms with Crippen molar-refractivity contribution in [1.82, 2.24) is 15.0 Å². The molecule has 0 bridgehead atoms. The van der Waals surface area contributed by atoms with E-state index in [0.29, 0.717) is 5.92 Å². The molecule has 18 heavy (non-hydrogen) atoms. The molecule has 0 fully saturated rings. The molecular formula is C12H22N4O2. The van der Waals surface area contributed by atoms with E-state index in [9.17, 15) is 0 Å². The van der Waals surface area contributed by atoms with Crippen LogP contribution in [0.4, 0.5) is 5.95 Å². The normalized spacial score (nSPS) is 12.8. The lowest BCUT2D eigenvalue weighted by Gasteiger charge is -2.15. The van der Waals surface area contributed by atoms with Gasteiger partial charge in [0.05, 0.1) is 12.2 Å². The number of ether oxygens (including phenoxy) is 2. The summed E-state index contributed by atoms with van der Waals surface area (Å²) in [5.74, 6) is 0.651. The van der Waals surface area contributed by atoms with Gasteiger partial charge in [0.25, 0.3) is 0 Å². The summed E-state index contributed by atoms with van der Waals surface area (Å²) in [4.78, 5) is 11.9. The second-order valence-electron chi connectivity index (χ2n) is 4.98. The first-order valence-corrected chi connectivity index (χ1v) is 6.21. The van der Waals surface area contributed by atoms with E-state index in [-0.39, 0.29) is 30.2 Å². The summed E-state index contributed by atoms with van der Waals surface area (Å²) in [5.41, 5.74) is 5.59. The summed E-state index contributed by atoms with van der Waals surface area (Å²) in [5, 5.41) is 0. The Balaban J connectivity index is 2.73. The molecule has 2 N–H and O–H groups in total. The van der Waals surface area contributed by atoms with Crippen molar-refractivity contribution >= 4 is 5.95 Å². The Morgan fingerprint density at radius 3 is 2.00 bits per heavy atom. The predicted octanol–water partition coefficient (Wildman–Crippen LogP) is 2.05. The summed E-state index contributed by atoms with van der Waals surface area (Å²) < 4.78 is 11.0. The van der Waals surface area contributed by atoms with Gasteiger partial charge in [-0.3, -0.25) is 0 Å². The van der Waals surface area contributed by atoms with Crippen molar-refractivity contribution in [2.75, 3.05) is 5.73 Å². The van der Waals surface area contributed by atoms with Gasteiger partial charge in [-0.1, -0.05) is 13.8 Å². The van der Waals surface area contributed by atoms with Gasteiger partial charge in [0.2, 0.25) is 5.95 Å². The quantitative estimate of drug-likeness (QED) is 0.836. The summed E-state index contributed by atoms with van der Waals surface area (Å²) in [6.45, 7) is 10.0. The smallest absolute Gasteiger partial charge is 0.324 e. The lowest BCUT2D eigenvalue weighted by atomic mass is 10.1. The molecule has 6 nitrogen and oxygen atoms in total. The second-order valence-corrected chi connectivity index (χ2v) is 4.98. The first-order chi connectivity index (χ1) is 8.36. The molecule has 1 rings (SSSR count). The molecule has 1 atom stereocenters. The molecule has 1 heterocycles. The Morgan fingerprint density at radius 1 is 0.944 bits per heavy atom. The van der Waals surface area contributed by atoms with Crippen LogP contribution in [0.5, 0.6) is 12.0 Å². The van der Waals surface area contributed by atoms with Crippen molar-refractivity contribution in [3.05, 3.63) is 0 Å². The topological polar surface area (TPSA) is 83.2 Å². The van der Waals surface area contributed by atoms with E-state index >= 15 is 0 Å².